The fourth-order valence-electron chi connectivity index (χ4n) is 4.03. The van der Waals surface area contributed by atoms with E-state index < -0.39 is 0 Å². The van der Waals surface area contributed by atoms with Crippen LogP contribution in [0.4, 0.5) is 5.69 Å². The van der Waals surface area contributed by atoms with Crippen LogP contribution in [0.5, 0.6) is 11.5 Å². The molecule has 2 aromatic carbocycles. The van der Waals surface area contributed by atoms with Crippen LogP contribution in [0.3, 0.4) is 0 Å². The summed E-state index contributed by atoms with van der Waals surface area (Å²) < 4.78 is 16.6. The van der Waals surface area contributed by atoms with Crippen LogP contribution in [0.15, 0.2) is 36.4 Å². The van der Waals surface area contributed by atoms with Crippen molar-refractivity contribution in [3.63, 3.8) is 0 Å². The van der Waals surface area contributed by atoms with Crippen molar-refractivity contribution in [3.05, 3.63) is 53.1 Å². The van der Waals surface area contributed by atoms with E-state index in [1.807, 2.05) is 24.3 Å². The zero-order chi connectivity index (χ0) is 18.4. The molecule has 5 rings (SSSR count). The number of piperazine rings is 1. The van der Waals surface area contributed by atoms with Gasteiger partial charge in [-0.1, -0.05) is 12.1 Å². The SMILES string of the molecule is C[C@H]1CN(c2ccc3c(c2)C(=O)OC(c2ccc4c(c2)OCO4)C3)CCN1. The van der Waals surface area contributed by atoms with Crippen molar-refractivity contribution < 1.29 is 19.0 Å². The molecule has 1 unspecified atom stereocenters. The lowest BCUT2D eigenvalue weighted by molar-refractivity contribution is 0.0252. The minimum atomic E-state index is -0.301. The first-order valence-electron chi connectivity index (χ1n) is 9.39. The summed E-state index contributed by atoms with van der Waals surface area (Å²) in [6, 6.07) is 12.3. The molecule has 0 spiro atoms. The van der Waals surface area contributed by atoms with Gasteiger partial charge in [-0.05, 0) is 42.3 Å². The predicted octanol–water partition coefficient (Wildman–Crippen LogP) is 2.67. The van der Waals surface area contributed by atoms with Gasteiger partial charge >= 0.3 is 5.97 Å². The number of esters is 1. The van der Waals surface area contributed by atoms with Gasteiger partial charge in [-0.2, -0.15) is 0 Å². The number of cyclic esters (lactones) is 1. The first kappa shape index (κ1) is 16.4. The zero-order valence-corrected chi connectivity index (χ0v) is 15.2. The summed E-state index contributed by atoms with van der Waals surface area (Å²) in [7, 11) is 0. The number of fused-ring (bicyclic) bond motifs is 2. The molecule has 0 saturated carbocycles. The van der Waals surface area contributed by atoms with Crippen LogP contribution in [0.25, 0.3) is 0 Å². The third kappa shape index (κ3) is 3.00. The minimum Gasteiger partial charge on any atom is -0.454 e. The van der Waals surface area contributed by atoms with Gasteiger partial charge in [0.05, 0.1) is 5.56 Å². The lowest BCUT2D eigenvalue weighted by atomic mass is 9.94. The molecule has 0 aromatic heterocycles. The van der Waals surface area contributed by atoms with E-state index in [-0.39, 0.29) is 18.9 Å². The number of hydrogen-bond donors (Lipinski definition) is 1. The van der Waals surface area contributed by atoms with Gasteiger partial charge < -0.3 is 24.4 Å². The number of benzene rings is 2. The lowest BCUT2D eigenvalue weighted by Crippen LogP contribution is -2.49. The molecule has 27 heavy (non-hydrogen) atoms. The van der Waals surface area contributed by atoms with Crippen LogP contribution >= 0.6 is 0 Å². The highest BCUT2D eigenvalue weighted by Crippen LogP contribution is 2.38. The maximum atomic E-state index is 12.7. The summed E-state index contributed by atoms with van der Waals surface area (Å²) in [6.45, 7) is 5.24. The van der Waals surface area contributed by atoms with Gasteiger partial charge in [0.2, 0.25) is 6.79 Å². The Morgan fingerprint density at radius 2 is 2.00 bits per heavy atom. The van der Waals surface area contributed by atoms with E-state index in [4.69, 9.17) is 14.2 Å². The summed E-state index contributed by atoms with van der Waals surface area (Å²) in [5.74, 6) is 1.18. The third-order valence-corrected chi connectivity index (χ3v) is 5.47. The summed E-state index contributed by atoms with van der Waals surface area (Å²) in [6.07, 6.45) is 0.364. The third-order valence-electron chi connectivity index (χ3n) is 5.47. The Bertz CT molecular complexity index is 898. The normalized spacial score (nSPS) is 23.7. The Morgan fingerprint density at radius 3 is 2.89 bits per heavy atom. The fraction of sp³-hybridized carbons (Fsp3) is 0.381. The predicted molar refractivity (Wildman–Crippen MR) is 101 cm³/mol. The van der Waals surface area contributed by atoms with Crippen LogP contribution < -0.4 is 19.7 Å². The topological polar surface area (TPSA) is 60.0 Å². The van der Waals surface area contributed by atoms with Crippen molar-refractivity contribution in [2.24, 2.45) is 0 Å². The second-order valence-electron chi connectivity index (χ2n) is 7.35. The average molecular weight is 366 g/mol. The van der Waals surface area contributed by atoms with Crippen LogP contribution in [-0.2, 0) is 11.2 Å². The Morgan fingerprint density at radius 1 is 1.11 bits per heavy atom. The van der Waals surface area contributed by atoms with E-state index >= 15 is 0 Å². The molecule has 1 N–H and O–H groups in total. The summed E-state index contributed by atoms with van der Waals surface area (Å²) in [5, 5.41) is 3.44. The highest BCUT2D eigenvalue weighted by atomic mass is 16.7. The zero-order valence-electron chi connectivity index (χ0n) is 15.2. The molecule has 0 radical (unpaired) electrons. The summed E-state index contributed by atoms with van der Waals surface area (Å²) in [4.78, 5) is 15.0. The van der Waals surface area contributed by atoms with E-state index in [0.29, 0.717) is 23.8 Å². The number of carbonyl (C=O) groups excluding carboxylic acids is 1. The van der Waals surface area contributed by atoms with Gasteiger partial charge in [-0.3, -0.25) is 0 Å². The quantitative estimate of drug-likeness (QED) is 0.825. The largest absolute Gasteiger partial charge is 0.454 e. The van der Waals surface area contributed by atoms with Crippen molar-refractivity contribution in [2.75, 3.05) is 31.3 Å². The lowest BCUT2D eigenvalue weighted by Gasteiger charge is -2.34. The Kier molecular flexibility index (Phi) is 3.93. The molecule has 6 heteroatoms. The highest BCUT2D eigenvalue weighted by Gasteiger charge is 2.30. The molecule has 3 heterocycles. The van der Waals surface area contributed by atoms with Crippen LogP contribution in [-0.4, -0.2) is 38.4 Å². The molecule has 0 bridgehead atoms. The monoisotopic (exact) mass is 366 g/mol. The molecule has 0 amide bonds. The number of nitrogens with zero attached hydrogens (tertiary/aromatic N) is 1. The van der Waals surface area contributed by atoms with Crippen molar-refractivity contribution >= 4 is 11.7 Å². The molecular formula is C21H22N2O4. The van der Waals surface area contributed by atoms with Crippen LogP contribution in [0, 0.1) is 0 Å². The van der Waals surface area contributed by atoms with Gasteiger partial charge in [-0.25, -0.2) is 4.79 Å². The Labute approximate surface area is 158 Å². The van der Waals surface area contributed by atoms with Gasteiger partial charge in [0.15, 0.2) is 11.5 Å². The van der Waals surface area contributed by atoms with Gasteiger partial charge in [0.1, 0.15) is 6.10 Å². The Balaban J connectivity index is 1.40. The van der Waals surface area contributed by atoms with E-state index in [9.17, 15) is 4.79 Å². The van der Waals surface area contributed by atoms with Crippen LogP contribution in [0.1, 0.15) is 34.5 Å². The van der Waals surface area contributed by atoms with Crippen molar-refractivity contribution in [2.45, 2.75) is 25.5 Å². The van der Waals surface area contributed by atoms with Crippen molar-refractivity contribution in [1.82, 2.24) is 5.32 Å². The van der Waals surface area contributed by atoms with Crippen LogP contribution in [0.2, 0.25) is 0 Å². The van der Waals surface area contributed by atoms with Gasteiger partial charge in [0.25, 0.3) is 0 Å². The Hall–Kier alpha value is -2.73. The molecule has 1 fully saturated rings. The minimum absolute atomic E-state index is 0.236. The number of anilines is 1. The molecule has 3 aliphatic rings. The van der Waals surface area contributed by atoms with E-state index in [1.54, 1.807) is 0 Å². The number of nitrogens with one attached hydrogen (secondary N) is 1. The second-order valence-corrected chi connectivity index (χ2v) is 7.35. The van der Waals surface area contributed by atoms with E-state index in [1.165, 1.54) is 0 Å². The summed E-state index contributed by atoms with van der Waals surface area (Å²) >= 11 is 0. The molecule has 1 saturated heterocycles. The first-order valence-corrected chi connectivity index (χ1v) is 9.39. The number of carbonyl (C=O) groups is 1. The van der Waals surface area contributed by atoms with E-state index in [0.717, 1.165) is 42.2 Å². The molecule has 2 aromatic rings. The highest BCUT2D eigenvalue weighted by molar-refractivity contribution is 5.93. The standard InChI is InChI=1S/C21H22N2O4/c1-13-11-23(7-6-22-13)16-4-2-14-8-19(27-21(24)17(14)10-16)15-3-5-18-20(9-15)26-12-25-18/h2-5,9-10,13,19,22H,6-8,11-12H2,1H3/t13-,19?/m0/s1. The smallest absolute Gasteiger partial charge is 0.339 e. The fourth-order valence-corrected chi connectivity index (χ4v) is 4.03. The summed E-state index contributed by atoms with van der Waals surface area (Å²) in [5.41, 5.74) is 3.72. The average Bonchev–Trinajstić information content (AvgIpc) is 3.15. The van der Waals surface area contributed by atoms with Crippen molar-refractivity contribution in [3.8, 4) is 11.5 Å². The van der Waals surface area contributed by atoms with Gasteiger partial charge in [0, 0.05) is 37.8 Å². The maximum Gasteiger partial charge on any atom is 0.339 e. The molecule has 3 aliphatic heterocycles. The number of rotatable bonds is 2. The number of ether oxygens (including phenoxy) is 3. The molecule has 6 nitrogen and oxygen atoms in total. The molecular weight excluding hydrogens is 344 g/mol. The van der Waals surface area contributed by atoms with E-state index in [2.05, 4.69) is 29.3 Å². The maximum absolute atomic E-state index is 12.7. The molecule has 0 aliphatic carbocycles. The first-order chi connectivity index (χ1) is 13.2. The molecule has 2 atom stereocenters. The van der Waals surface area contributed by atoms with Gasteiger partial charge in [-0.15, -0.1) is 0 Å². The number of hydrogen-bond acceptors (Lipinski definition) is 6. The molecule has 140 valence electrons. The second kappa shape index (κ2) is 6.46. The van der Waals surface area contributed by atoms with Crippen molar-refractivity contribution in [1.29, 1.82) is 0 Å².